The van der Waals surface area contributed by atoms with Crippen molar-refractivity contribution < 1.29 is 5.11 Å². The van der Waals surface area contributed by atoms with Gasteiger partial charge in [-0.2, -0.15) is 0 Å². The van der Waals surface area contributed by atoms with Crippen LogP contribution in [-0.2, 0) is 0 Å². The van der Waals surface area contributed by atoms with Crippen molar-refractivity contribution in [1.82, 2.24) is 4.90 Å². The molecule has 2 saturated carbocycles. The molecular weight excluding hydrogens is 210 g/mol. The molecule has 0 aromatic heterocycles. The molecule has 0 radical (unpaired) electrons. The number of hydrogen-bond acceptors (Lipinski definition) is 2. The molecule has 100 valence electrons. The molecule has 2 rings (SSSR count). The fourth-order valence-corrected chi connectivity index (χ4v) is 4.34. The molecule has 0 aromatic carbocycles. The highest BCUT2D eigenvalue weighted by Crippen LogP contribution is 2.51. The van der Waals surface area contributed by atoms with Crippen LogP contribution in [0.5, 0.6) is 0 Å². The molecule has 2 heteroatoms. The van der Waals surface area contributed by atoms with Gasteiger partial charge < -0.3 is 5.11 Å². The summed E-state index contributed by atoms with van der Waals surface area (Å²) in [5.41, 5.74) is 0.541. The summed E-state index contributed by atoms with van der Waals surface area (Å²) in [6.07, 6.45) is 8.84. The SMILES string of the molecule is CCN(C(C)C)C1CC(O)CCC12CCCC2. The normalized spacial score (nSPS) is 32.8. The molecule has 0 aromatic rings. The van der Waals surface area contributed by atoms with E-state index in [0.717, 1.165) is 19.4 Å². The zero-order valence-corrected chi connectivity index (χ0v) is 11.8. The predicted molar refractivity (Wildman–Crippen MR) is 72.1 cm³/mol. The standard InChI is InChI=1S/C15H29NO/c1-4-16(12(2)3)14-11-13(17)7-10-15(14)8-5-6-9-15/h12-14,17H,4-11H2,1-3H3. The van der Waals surface area contributed by atoms with Crippen LogP contribution in [0, 0.1) is 5.41 Å². The highest BCUT2D eigenvalue weighted by Gasteiger charge is 2.47. The Bertz CT molecular complexity index is 245. The van der Waals surface area contributed by atoms with E-state index in [9.17, 15) is 5.11 Å². The van der Waals surface area contributed by atoms with E-state index in [2.05, 4.69) is 25.7 Å². The minimum atomic E-state index is -0.0565. The average molecular weight is 239 g/mol. The van der Waals surface area contributed by atoms with Gasteiger partial charge >= 0.3 is 0 Å². The molecule has 0 aliphatic heterocycles. The van der Waals surface area contributed by atoms with Crippen LogP contribution >= 0.6 is 0 Å². The van der Waals surface area contributed by atoms with E-state index in [1.807, 2.05) is 0 Å². The van der Waals surface area contributed by atoms with Crippen molar-refractivity contribution in [2.45, 2.75) is 83.9 Å². The van der Waals surface area contributed by atoms with Gasteiger partial charge in [0.15, 0.2) is 0 Å². The molecular formula is C15H29NO. The molecule has 2 aliphatic rings. The molecule has 1 spiro atoms. The second-order valence-electron chi connectivity index (χ2n) is 6.44. The van der Waals surface area contributed by atoms with Crippen molar-refractivity contribution in [3.63, 3.8) is 0 Å². The van der Waals surface area contributed by atoms with E-state index in [1.54, 1.807) is 0 Å². The largest absolute Gasteiger partial charge is 0.393 e. The van der Waals surface area contributed by atoms with Crippen LogP contribution in [0.25, 0.3) is 0 Å². The van der Waals surface area contributed by atoms with Gasteiger partial charge in [-0.05, 0) is 57.9 Å². The fourth-order valence-electron chi connectivity index (χ4n) is 4.34. The Morgan fingerprint density at radius 1 is 1.24 bits per heavy atom. The van der Waals surface area contributed by atoms with Crippen LogP contribution in [-0.4, -0.2) is 34.7 Å². The molecule has 0 bridgehead atoms. The Hall–Kier alpha value is -0.0800. The number of rotatable bonds is 3. The number of aliphatic hydroxyl groups is 1. The van der Waals surface area contributed by atoms with E-state index in [4.69, 9.17) is 0 Å². The third-order valence-corrected chi connectivity index (χ3v) is 5.21. The summed E-state index contributed by atoms with van der Waals surface area (Å²) in [4.78, 5) is 2.63. The molecule has 0 amide bonds. The Balaban J connectivity index is 2.18. The molecule has 2 atom stereocenters. The second kappa shape index (κ2) is 5.27. The zero-order valence-electron chi connectivity index (χ0n) is 11.8. The molecule has 17 heavy (non-hydrogen) atoms. The third kappa shape index (κ3) is 2.53. The third-order valence-electron chi connectivity index (χ3n) is 5.21. The Morgan fingerprint density at radius 2 is 1.88 bits per heavy atom. The van der Waals surface area contributed by atoms with Crippen LogP contribution in [0.4, 0.5) is 0 Å². The van der Waals surface area contributed by atoms with Crippen molar-refractivity contribution in [3.8, 4) is 0 Å². The first-order valence-corrected chi connectivity index (χ1v) is 7.53. The van der Waals surface area contributed by atoms with Crippen LogP contribution in [0.2, 0.25) is 0 Å². The summed E-state index contributed by atoms with van der Waals surface area (Å²) >= 11 is 0. The molecule has 2 unspecified atom stereocenters. The lowest BCUT2D eigenvalue weighted by molar-refractivity contribution is -0.0360. The van der Waals surface area contributed by atoms with Crippen LogP contribution in [0.15, 0.2) is 0 Å². The molecule has 2 nitrogen and oxygen atoms in total. The molecule has 0 saturated heterocycles. The minimum absolute atomic E-state index is 0.0565. The summed E-state index contributed by atoms with van der Waals surface area (Å²) in [5, 5.41) is 10.0. The summed E-state index contributed by atoms with van der Waals surface area (Å²) in [6.45, 7) is 7.99. The van der Waals surface area contributed by atoms with Gasteiger partial charge in [-0.25, -0.2) is 0 Å². The van der Waals surface area contributed by atoms with Gasteiger partial charge in [-0.15, -0.1) is 0 Å². The van der Waals surface area contributed by atoms with Gasteiger partial charge in [0.1, 0.15) is 0 Å². The molecule has 0 heterocycles. The van der Waals surface area contributed by atoms with Crippen LogP contribution in [0.1, 0.15) is 65.7 Å². The topological polar surface area (TPSA) is 23.5 Å². The molecule has 1 N–H and O–H groups in total. The number of hydrogen-bond donors (Lipinski definition) is 1. The van der Waals surface area contributed by atoms with Crippen molar-refractivity contribution in [3.05, 3.63) is 0 Å². The highest BCUT2D eigenvalue weighted by atomic mass is 16.3. The second-order valence-corrected chi connectivity index (χ2v) is 6.44. The average Bonchev–Trinajstić information content (AvgIpc) is 2.74. The summed E-state index contributed by atoms with van der Waals surface area (Å²) < 4.78 is 0. The lowest BCUT2D eigenvalue weighted by Crippen LogP contribution is -2.53. The zero-order chi connectivity index (χ0) is 12.5. The van der Waals surface area contributed by atoms with Crippen molar-refractivity contribution >= 4 is 0 Å². The summed E-state index contributed by atoms with van der Waals surface area (Å²) in [7, 11) is 0. The highest BCUT2D eigenvalue weighted by molar-refractivity contribution is 5.00. The maximum atomic E-state index is 10.0. The van der Waals surface area contributed by atoms with Gasteiger partial charge in [0.25, 0.3) is 0 Å². The van der Waals surface area contributed by atoms with Crippen molar-refractivity contribution in [2.75, 3.05) is 6.54 Å². The summed E-state index contributed by atoms with van der Waals surface area (Å²) in [5.74, 6) is 0. The Morgan fingerprint density at radius 3 is 2.41 bits per heavy atom. The number of nitrogens with zero attached hydrogens (tertiary/aromatic N) is 1. The molecule has 2 fully saturated rings. The Kier molecular flexibility index (Phi) is 4.14. The maximum Gasteiger partial charge on any atom is 0.0555 e. The number of aliphatic hydroxyl groups excluding tert-OH is 1. The van der Waals surface area contributed by atoms with Gasteiger partial charge in [-0.3, -0.25) is 4.90 Å². The van der Waals surface area contributed by atoms with Gasteiger partial charge in [0, 0.05) is 12.1 Å². The van der Waals surface area contributed by atoms with Gasteiger partial charge in [0.2, 0.25) is 0 Å². The first-order chi connectivity index (χ1) is 8.09. The lowest BCUT2D eigenvalue weighted by Gasteiger charge is -2.50. The van der Waals surface area contributed by atoms with Crippen LogP contribution in [0.3, 0.4) is 0 Å². The first-order valence-electron chi connectivity index (χ1n) is 7.53. The van der Waals surface area contributed by atoms with E-state index < -0.39 is 0 Å². The summed E-state index contributed by atoms with van der Waals surface area (Å²) in [6, 6.07) is 1.23. The fraction of sp³-hybridized carbons (Fsp3) is 1.00. The smallest absolute Gasteiger partial charge is 0.0555 e. The lowest BCUT2D eigenvalue weighted by atomic mass is 9.67. The van der Waals surface area contributed by atoms with Gasteiger partial charge in [-0.1, -0.05) is 19.8 Å². The quantitative estimate of drug-likeness (QED) is 0.817. The van der Waals surface area contributed by atoms with Gasteiger partial charge in [0.05, 0.1) is 6.10 Å². The van der Waals surface area contributed by atoms with E-state index in [0.29, 0.717) is 17.5 Å². The maximum absolute atomic E-state index is 10.0. The minimum Gasteiger partial charge on any atom is -0.393 e. The monoisotopic (exact) mass is 239 g/mol. The predicted octanol–water partition coefficient (Wildman–Crippen LogP) is 3.19. The van der Waals surface area contributed by atoms with Crippen molar-refractivity contribution in [2.24, 2.45) is 5.41 Å². The van der Waals surface area contributed by atoms with Crippen LogP contribution < -0.4 is 0 Å². The molecule has 2 aliphatic carbocycles. The Labute approximate surface area is 106 Å². The van der Waals surface area contributed by atoms with E-state index in [-0.39, 0.29) is 6.10 Å². The van der Waals surface area contributed by atoms with Crippen molar-refractivity contribution in [1.29, 1.82) is 0 Å². The van der Waals surface area contributed by atoms with E-state index >= 15 is 0 Å². The van der Waals surface area contributed by atoms with E-state index in [1.165, 1.54) is 32.1 Å². The first kappa shape index (κ1) is 13.4.